The molecule has 4 rings (SSSR count). The van der Waals surface area contributed by atoms with Gasteiger partial charge in [0, 0.05) is 37.8 Å². The molecule has 1 aliphatic heterocycles. The van der Waals surface area contributed by atoms with Crippen molar-refractivity contribution in [3.63, 3.8) is 0 Å². The van der Waals surface area contributed by atoms with Crippen LogP contribution in [0.1, 0.15) is 23.6 Å². The zero-order chi connectivity index (χ0) is 21.5. The van der Waals surface area contributed by atoms with Crippen LogP contribution in [0.5, 0.6) is 0 Å². The van der Waals surface area contributed by atoms with E-state index in [0.717, 1.165) is 60.3 Å². The summed E-state index contributed by atoms with van der Waals surface area (Å²) in [6.45, 7) is 9.44. The molecule has 3 aromatic rings. The topological polar surface area (TPSA) is 53.5 Å². The minimum atomic E-state index is -3.70. The first-order valence-electron chi connectivity index (χ1n) is 10.5. The Morgan fingerprint density at radius 3 is 2.37 bits per heavy atom. The van der Waals surface area contributed by atoms with Crippen LogP contribution in [0.15, 0.2) is 52.4 Å². The van der Waals surface area contributed by atoms with Crippen molar-refractivity contribution in [2.75, 3.05) is 38.1 Å². The molecule has 0 amide bonds. The van der Waals surface area contributed by atoms with E-state index in [0.29, 0.717) is 9.79 Å². The van der Waals surface area contributed by atoms with Gasteiger partial charge in [-0.2, -0.15) is 0 Å². The summed E-state index contributed by atoms with van der Waals surface area (Å²) >= 11 is 0. The van der Waals surface area contributed by atoms with Crippen molar-refractivity contribution in [3.05, 3.63) is 59.3 Å². The maximum absolute atomic E-state index is 13.7. The van der Waals surface area contributed by atoms with Crippen molar-refractivity contribution >= 4 is 26.4 Å². The smallest absolute Gasteiger partial charge is 0.210 e. The van der Waals surface area contributed by atoms with Gasteiger partial charge in [0.1, 0.15) is 4.90 Å². The molecule has 0 spiro atoms. The van der Waals surface area contributed by atoms with Gasteiger partial charge in [-0.05, 0) is 68.3 Å². The maximum atomic E-state index is 13.7. The molecule has 0 radical (unpaired) electrons. The Hall–Kier alpha value is -2.44. The van der Waals surface area contributed by atoms with E-state index in [2.05, 4.69) is 40.9 Å². The van der Waals surface area contributed by atoms with Crippen LogP contribution in [0.2, 0.25) is 0 Å². The molecule has 1 fully saturated rings. The minimum Gasteiger partial charge on any atom is -0.367 e. The Morgan fingerprint density at radius 1 is 0.967 bits per heavy atom. The van der Waals surface area contributed by atoms with Crippen LogP contribution >= 0.6 is 0 Å². The predicted octanol–water partition coefficient (Wildman–Crippen LogP) is 4.00. The fraction of sp³-hybridized carbons (Fsp3) is 0.375. The Balaban J connectivity index is 1.96. The van der Waals surface area contributed by atoms with Gasteiger partial charge in [0.15, 0.2) is 0 Å². The van der Waals surface area contributed by atoms with Crippen LogP contribution in [0.3, 0.4) is 0 Å². The maximum Gasteiger partial charge on any atom is 0.210 e. The molecule has 5 nitrogen and oxygen atoms in total. The number of hydrogen-bond acceptors (Lipinski definition) is 5. The van der Waals surface area contributed by atoms with E-state index < -0.39 is 9.84 Å². The molecule has 1 aromatic heterocycles. The van der Waals surface area contributed by atoms with Crippen molar-refractivity contribution in [2.45, 2.75) is 37.0 Å². The van der Waals surface area contributed by atoms with Gasteiger partial charge >= 0.3 is 0 Å². The Bertz CT molecular complexity index is 1200. The van der Waals surface area contributed by atoms with Gasteiger partial charge in [-0.15, -0.1) is 0 Å². The second-order valence-electron chi connectivity index (χ2n) is 8.22. The summed E-state index contributed by atoms with van der Waals surface area (Å²) in [4.78, 5) is 9.66. The van der Waals surface area contributed by atoms with Crippen LogP contribution < -0.4 is 4.90 Å². The number of hydrogen-bond donors (Lipinski definition) is 0. The fourth-order valence-electron chi connectivity index (χ4n) is 3.99. The molecular weight excluding hydrogens is 394 g/mol. The second-order valence-corrected chi connectivity index (χ2v) is 10.1. The molecule has 0 atom stereocenters. The summed E-state index contributed by atoms with van der Waals surface area (Å²) in [5.74, 6) is 0. The molecule has 158 valence electrons. The molecule has 0 bridgehead atoms. The molecular formula is C24H29N3O2S. The molecule has 0 unspecified atom stereocenters. The normalized spacial score (nSPS) is 15.7. The highest BCUT2D eigenvalue weighted by Crippen LogP contribution is 2.37. The standard InChI is InChI=1S/C24H29N3O2S/c1-5-19-7-9-22-21(15-19)24(27-12-10-26(4)11-13-27)23(16-25-22)30(28,29)20-8-6-17(2)18(3)14-20/h6-9,14-16H,5,10-13H2,1-4H3. The number of fused-ring (bicyclic) bond motifs is 1. The third kappa shape index (κ3) is 3.70. The van der Waals surface area contributed by atoms with Crippen molar-refractivity contribution in [2.24, 2.45) is 0 Å². The van der Waals surface area contributed by atoms with Crippen LogP contribution in [-0.2, 0) is 16.3 Å². The molecule has 1 saturated heterocycles. The van der Waals surface area contributed by atoms with Crippen molar-refractivity contribution in [3.8, 4) is 0 Å². The van der Waals surface area contributed by atoms with Crippen molar-refractivity contribution in [1.82, 2.24) is 9.88 Å². The summed E-state index contributed by atoms with van der Waals surface area (Å²) in [5, 5.41) is 0.920. The zero-order valence-electron chi connectivity index (χ0n) is 18.1. The third-order valence-corrected chi connectivity index (χ3v) is 7.93. The number of anilines is 1. The minimum absolute atomic E-state index is 0.302. The largest absolute Gasteiger partial charge is 0.367 e. The van der Waals surface area contributed by atoms with Crippen LogP contribution in [0.4, 0.5) is 5.69 Å². The summed E-state index contributed by atoms with van der Waals surface area (Å²) < 4.78 is 27.5. The van der Waals surface area contributed by atoms with Crippen molar-refractivity contribution < 1.29 is 8.42 Å². The number of sulfone groups is 1. The Labute approximate surface area is 179 Å². The third-order valence-electron chi connectivity index (χ3n) is 6.18. The molecule has 2 aromatic carbocycles. The highest BCUT2D eigenvalue weighted by atomic mass is 32.2. The molecule has 30 heavy (non-hydrogen) atoms. The van der Waals surface area contributed by atoms with Gasteiger partial charge in [0.2, 0.25) is 9.84 Å². The van der Waals surface area contributed by atoms with E-state index in [9.17, 15) is 8.42 Å². The molecule has 2 heterocycles. The number of rotatable bonds is 4. The van der Waals surface area contributed by atoms with Crippen LogP contribution in [-0.4, -0.2) is 51.5 Å². The molecule has 0 aliphatic carbocycles. The van der Waals surface area contributed by atoms with Gasteiger partial charge in [0.05, 0.1) is 16.1 Å². The summed E-state index contributed by atoms with van der Waals surface area (Å²) in [6.07, 6.45) is 2.44. The van der Waals surface area contributed by atoms with Crippen LogP contribution in [0, 0.1) is 13.8 Å². The van der Waals surface area contributed by atoms with E-state index in [1.165, 1.54) is 5.56 Å². The predicted molar refractivity (Wildman–Crippen MR) is 122 cm³/mol. The van der Waals surface area contributed by atoms with Gasteiger partial charge in [-0.1, -0.05) is 19.1 Å². The highest BCUT2D eigenvalue weighted by Gasteiger charge is 2.28. The molecule has 6 heteroatoms. The van der Waals surface area contributed by atoms with E-state index >= 15 is 0 Å². The lowest BCUT2D eigenvalue weighted by Crippen LogP contribution is -2.45. The van der Waals surface area contributed by atoms with E-state index in [4.69, 9.17) is 0 Å². The first-order valence-corrected chi connectivity index (χ1v) is 12.0. The summed E-state index contributed by atoms with van der Waals surface area (Å²) in [7, 11) is -1.60. The quantitative estimate of drug-likeness (QED) is 0.635. The summed E-state index contributed by atoms with van der Waals surface area (Å²) in [5.41, 5.74) is 4.86. The number of pyridine rings is 1. The molecule has 0 N–H and O–H groups in total. The average molecular weight is 424 g/mol. The first-order chi connectivity index (χ1) is 14.3. The lowest BCUT2D eigenvalue weighted by Gasteiger charge is -2.35. The van der Waals surface area contributed by atoms with E-state index in [-0.39, 0.29) is 0 Å². The lowest BCUT2D eigenvalue weighted by molar-refractivity contribution is 0.312. The van der Waals surface area contributed by atoms with Crippen molar-refractivity contribution in [1.29, 1.82) is 0 Å². The van der Waals surface area contributed by atoms with Gasteiger partial charge in [0.25, 0.3) is 0 Å². The second kappa shape index (κ2) is 8.00. The Morgan fingerprint density at radius 2 is 1.70 bits per heavy atom. The number of benzene rings is 2. The zero-order valence-corrected chi connectivity index (χ0v) is 19.0. The fourth-order valence-corrected chi connectivity index (χ4v) is 5.51. The monoisotopic (exact) mass is 423 g/mol. The first kappa shape index (κ1) is 20.8. The number of aromatic nitrogens is 1. The van der Waals surface area contributed by atoms with Gasteiger partial charge < -0.3 is 9.80 Å². The van der Waals surface area contributed by atoms with Gasteiger partial charge in [-0.3, -0.25) is 4.98 Å². The van der Waals surface area contributed by atoms with E-state index in [1.54, 1.807) is 18.3 Å². The summed E-state index contributed by atoms with van der Waals surface area (Å²) in [6, 6.07) is 11.5. The average Bonchev–Trinajstić information content (AvgIpc) is 2.75. The lowest BCUT2D eigenvalue weighted by atomic mass is 10.1. The number of likely N-dealkylation sites (N-methyl/N-ethyl adjacent to an activating group) is 1. The number of piperazine rings is 1. The Kier molecular flexibility index (Phi) is 5.55. The number of aryl methyl sites for hydroxylation is 3. The molecule has 1 aliphatic rings. The van der Waals surface area contributed by atoms with Gasteiger partial charge in [-0.25, -0.2) is 8.42 Å². The number of nitrogens with zero attached hydrogens (tertiary/aromatic N) is 3. The van der Waals surface area contributed by atoms with E-state index in [1.807, 2.05) is 26.0 Å². The van der Waals surface area contributed by atoms with Crippen LogP contribution in [0.25, 0.3) is 10.9 Å². The SMILES string of the molecule is CCc1ccc2ncc(S(=O)(=O)c3ccc(C)c(C)c3)c(N3CCN(C)CC3)c2c1. The highest BCUT2D eigenvalue weighted by molar-refractivity contribution is 7.91. The molecule has 0 saturated carbocycles.